The quantitative estimate of drug-likeness (QED) is 0.806. The second kappa shape index (κ2) is 5.27. The third-order valence-corrected chi connectivity index (χ3v) is 3.56. The van der Waals surface area contributed by atoms with Crippen LogP contribution in [-0.4, -0.2) is 26.9 Å². The fraction of sp³-hybridized carbons (Fsp3) is 0.364. The molecule has 92 valence electrons. The number of nitrogens with zero attached hydrogens (tertiary/aromatic N) is 2. The van der Waals surface area contributed by atoms with Crippen molar-refractivity contribution in [1.82, 2.24) is 4.90 Å². The van der Waals surface area contributed by atoms with Crippen molar-refractivity contribution >= 4 is 10.0 Å². The summed E-state index contributed by atoms with van der Waals surface area (Å²) in [4.78, 5) is 1.91. The number of primary sulfonamides is 1. The van der Waals surface area contributed by atoms with Crippen molar-refractivity contribution in [3.8, 4) is 6.07 Å². The van der Waals surface area contributed by atoms with Crippen LogP contribution >= 0.6 is 0 Å². The summed E-state index contributed by atoms with van der Waals surface area (Å²) < 4.78 is 22.4. The van der Waals surface area contributed by atoms with Crippen molar-refractivity contribution in [2.75, 3.05) is 13.6 Å². The molecule has 0 aliphatic rings. The van der Waals surface area contributed by atoms with E-state index >= 15 is 0 Å². The summed E-state index contributed by atoms with van der Waals surface area (Å²) in [6.45, 7) is 2.18. The number of rotatable bonds is 4. The summed E-state index contributed by atoms with van der Waals surface area (Å²) in [5, 5.41) is 13.7. The molecule has 0 radical (unpaired) electrons. The van der Waals surface area contributed by atoms with Crippen LogP contribution in [-0.2, 0) is 10.0 Å². The zero-order chi connectivity index (χ0) is 13.1. The minimum atomic E-state index is -3.68. The molecule has 0 aromatic heterocycles. The first-order valence-electron chi connectivity index (χ1n) is 5.06. The van der Waals surface area contributed by atoms with Gasteiger partial charge in [-0.15, -0.1) is 0 Å². The monoisotopic (exact) mass is 253 g/mol. The Balaban J connectivity index is 3.05. The Labute approximate surface area is 102 Å². The van der Waals surface area contributed by atoms with E-state index in [2.05, 4.69) is 0 Å². The number of nitriles is 1. The molecule has 17 heavy (non-hydrogen) atoms. The molecule has 0 aliphatic heterocycles. The van der Waals surface area contributed by atoms with Crippen molar-refractivity contribution in [3.63, 3.8) is 0 Å². The van der Waals surface area contributed by atoms with Gasteiger partial charge in [-0.05, 0) is 31.7 Å². The fourth-order valence-electron chi connectivity index (χ4n) is 1.45. The minimum absolute atomic E-state index is 0.0450. The first-order chi connectivity index (χ1) is 7.86. The predicted molar refractivity (Wildman–Crippen MR) is 64.5 cm³/mol. The van der Waals surface area contributed by atoms with Crippen molar-refractivity contribution in [1.29, 1.82) is 5.26 Å². The first kappa shape index (κ1) is 13.6. The van der Waals surface area contributed by atoms with Crippen LogP contribution in [0, 0.1) is 11.3 Å². The smallest absolute Gasteiger partial charge is 0.238 e. The van der Waals surface area contributed by atoms with Gasteiger partial charge in [0.15, 0.2) is 0 Å². The second-order valence-electron chi connectivity index (χ2n) is 3.87. The first-order valence-corrected chi connectivity index (χ1v) is 6.61. The highest BCUT2D eigenvalue weighted by Crippen LogP contribution is 2.20. The van der Waals surface area contributed by atoms with Crippen molar-refractivity contribution in [3.05, 3.63) is 29.8 Å². The van der Waals surface area contributed by atoms with Crippen LogP contribution in [0.15, 0.2) is 29.2 Å². The summed E-state index contributed by atoms with van der Waals surface area (Å²) in [7, 11) is -1.88. The van der Waals surface area contributed by atoms with Gasteiger partial charge in [0.2, 0.25) is 10.0 Å². The average molecular weight is 253 g/mol. The van der Waals surface area contributed by atoms with Crippen LogP contribution in [0.3, 0.4) is 0 Å². The highest BCUT2D eigenvalue weighted by atomic mass is 32.2. The fourth-order valence-corrected chi connectivity index (χ4v) is 2.02. The average Bonchev–Trinajstić information content (AvgIpc) is 2.27. The molecule has 0 spiro atoms. The van der Waals surface area contributed by atoms with Crippen LogP contribution in [0.2, 0.25) is 0 Å². The summed E-state index contributed by atoms with van der Waals surface area (Å²) in [6.07, 6.45) is 0. The van der Waals surface area contributed by atoms with Gasteiger partial charge in [-0.2, -0.15) is 5.26 Å². The molecule has 0 saturated heterocycles. The normalized spacial score (nSPS) is 13.4. The highest BCUT2D eigenvalue weighted by molar-refractivity contribution is 7.89. The number of sulfonamides is 1. The molecular weight excluding hydrogens is 238 g/mol. The lowest BCUT2D eigenvalue weighted by Gasteiger charge is -2.22. The van der Waals surface area contributed by atoms with Crippen LogP contribution < -0.4 is 5.14 Å². The lowest BCUT2D eigenvalue weighted by molar-refractivity contribution is 0.292. The molecule has 5 nitrogen and oxygen atoms in total. The van der Waals surface area contributed by atoms with Gasteiger partial charge in [-0.1, -0.05) is 12.1 Å². The molecule has 1 unspecified atom stereocenters. The Hall–Kier alpha value is -1.42. The largest absolute Gasteiger partial charge is 0.287 e. The van der Waals surface area contributed by atoms with Gasteiger partial charge in [-0.25, -0.2) is 13.6 Å². The standard InChI is InChI=1S/C11H15N3O2S/c1-9(14(2)7-6-12)10-4-3-5-11(8-10)17(13,15)16/h3-5,8-9H,7H2,1-2H3,(H2,13,15,16). The molecule has 0 heterocycles. The van der Waals surface area contributed by atoms with E-state index in [4.69, 9.17) is 10.4 Å². The Bertz CT molecular complexity index is 534. The zero-order valence-corrected chi connectivity index (χ0v) is 10.6. The van der Waals surface area contributed by atoms with Crippen LogP contribution in [0.1, 0.15) is 18.5 Å². The Kier molecular flexibility index (Phi) is 4.23. The SMILES string of the molecule is CC(c1cccc(S(N)(=O)=O)c1)N(C)CC#N. The predicted octanol–water partition coefficient (Wildman–Crippen LogP) is 0.850. The molecule has 0 amide bonds. The number of nitrogens with two attached hydrogens (primary N) is 1. The molecule has 1 aromatic rings. The van der Waals surface area contributed by atoms with Gasteiger partial charge in [0.05, 0.1) is 17.5 Å². The summed E-state index contributed by atoms with van der Waals surface area (Å²) in [5.74, 6) is 0. The summed E-state index contributed by atoms with van der Waals surface area (Å²) >= 11 is 0. The molecule has 0 saturated carbocycles. The van der Waals surface area contributed by atoms with Crippen LogP contribution in [0.5, 0.6) is 0 Å². The highest BCUT2D eigenvalue weighted by Gasteiger charge is 2.14. The molecule has 1 atom stereocenters. The van der Waals surface area contributed by atoms with Gasteiger partial charge >= 0.3 is 0 Å². The van der Waals surface area contributed by atoms with Crippen molar-refractivity contribution in [2.24, 2.45) is 5.14 Å². The van der Waals surface area contributed by atoms with Gasteiger partial charge in [-0.3, -0.25) is 4.90 Å². The molecule has 0 bridgehead atoms. The molecule has 1 aromatic carbocycles. The lowest BCUT2D eigenvalue weighted by atomic mass is 10.1. The maximum absolute atomic E-state index is 11.2. The maximum atomic E-state index is 11.2. The minimum Gasteiger partial charge on any atom is -0.287 e. The van der Waals surface area contributed by atoms with Gasteiger partial charge < -0.3 is 0 Å². The molecule has 6 heteroatoms. The van der Waals surface area contributed by atoms with Gasteiger partial charge in [0.1, 0.15) is 0 Å². The molecular formula is C11H15N3O2S. The van der Waals surface area contributed by atoms with E-state index in [0.717, 1.165) is 5.56 Å². The second-order valence-corrected chi connectivity index (χ2v) is 5.43. The molecule has 1 rings (SSSR count). The van der Waals surface area contributed by atoms with Gasteiger partial charge in [0.25, 0.3) is 0 Å². The molecule has 0 fully saturated rings. The van der Waals surface area contributed by atoms with E-state index in [1.165, 1.54) is 12.1 Å². The maximum Gasteiger partial charge on any atom is 0.238 e. The molecule has 2 N–H and O–H groups in total. The lowest BCUT2D eigenvalue weighted by Crippen LogP contribution is -2.23. The van der Waals surface area contributed by atoms with E-state index < -0.39 is 10.0 Å². The topological polar surface area (TPSA) is 87.2 Å². The van der Waals surface area contributed by atoms with Gasteiger partial charge in [0, 0.05) is 6.04 Å². The number of benzene rings is 1. The third kappa shape index (κ3) is 3.53. The van der Waals surface area contributed by atoms with E-state index in [0.29, 0.717) is 0 Å². The molecule has 0 aliphatic carbocycles. The van der Waals surface area contributed by atoms with Crippen molar-refractivity contribution < 1.29 is 8.42 Å². The van der Waals surface area contributed by atoms with E-state index in [1.807, 2.05) is 24.0 Å². The Morgan fingerprint density at radius 2 is 2.18 bits per heavy atom. The van der Waals surface area contributed by atoms with Crippen molar-refractivity contribution in [2.45, 2.75) is 17.9 Å². The Morgan fingerprint density at radius 3 is 2.71 bits per heavy atom. The van der Waals surface area contributed by atoms with E-state index in [-0.39, 0.29) is 17.5 Å². The Morgan fingerprint density at radius 1 is 1.53 bits per heavy atom. The third-order valence-electron chi connectivity index (χ3n) is 2.65. The zero-order valence-electron chi connectivity index (χ0n) is 9.79. The number of hydrogen-bond donors (Lipinski definition) is 1. The summed E-state index contributed by atoms with van der Waals surface area (Å²) in [6, 6.07) is 8.45. The van der Waals surface area contributed by atoms with Crippen LogP contribution in [0.4, 0.5) is 0 Å². The van der Waals surface area contributed by atoms with E-state index in [1.54, 1.807) is 13.1 Å². The number of hydrogen-bond acceptors (Lipinski definition) is 4. The van der Waals surface area contributed by atoms with Crippen LogP contribution in [0.25, 0.3) is 0 Å². The van der Waals surface area contributed by atoms with E-state index in [9.17, 15) is 8.42 Å². The summed E-state index contributed by atoms with van der Waals surface area (Å²) in [5.41, 5.74) is 0.814.